The molecule has 2 rings (SSSR count). The smallest absolute Gasteiger partial charge is 0.329 e. The molecule has 0 radical (unpaired) electrons. The zero-order valence-corrected chi connectivity index (χ0v) is 12.4. The number of aliphatic carboxylic acids is 1. The van der Waals surface area contributed by atoms with Crippen molar-refractivity contribution in [2.45, 2.75) is 49.3 Å². The zero-order valence-electron chi connectivity index (χ0n) is 11.6. The first-order valence-electron chi connectivity index (χ1n) is 6.78. The van der Waals surface area contributed by atoms with E-state index in [9.17, 15) is 14.7 Å². The maximum absolute atomic E-state index is 12.2. The summed E-state index contributed by atoms with van der Waals surface area (Å²) in [6.07, 6.45) is 6.83. The Morgan fingerprint density at radius 1 is 1.32 bits per heavy atom. The highest BCUT2D eigenvalue weighted by Gasteiger charge is 2.46. The molecule has 0 aromatic rings. The lowest BCUT2D eigenvalue weighted by Crippen LogP contribution is -2.56. The summed E-state index contributed by atoms with van der Waals surface area (Å²) < 4.78 is 0.176. The van der Waals surface area contributed by atoms with Crippen molar-refractivity contribution in [3.63, 3.8) is 0 Å². The molecule has 0 bridgehead atoms. The number of carbonyl (C=O) groups excluding carboxylic acids is 1. The molecule has 1 atom stereocenters. The van der Waals surface area contributed by atoms with E-state index in [0.717, 1.165) is 19.3 Å². The van der Waals surface area contributed by atoms with Gasteiger partial charge in [0.05, 0.1) is 0 Å². The quantitative estimate of drug-likeness (QED) is 0.828. The summed E-state index contributed by atoms with van der Waals surface area (Å²) >= 11 is 1.80. The van der Waals surface area contributed by atoms with Gasteiger partial charge in [-0.25, -0.2) is 9.59 Å². The molecule has 19 heavy (non-hydrogen) atoms. The SMILES string of the molecule is CSC1(CNC(=O)N2CCCC2(C)C(=O)O)CCC1. The topological polar surface area (TPSA) is 69.6 Å². The van der Waals surface area contributed by atoms with Gasteiger partial charge in [0.25, 0.3) is 0 Å². The molecule has 5 nitrogen and oxygen atoms in total. The average Bonchev–Trinajstić information content (AvgIpc) is 2.72. The van der Waals surface area contributed by atoms with Crippen LogP contribution in [0.5, 0.6) is 0 Å². The van der Waals surface area contributed by atoms with Crippen LogP contribution in [-0.2, 0) is 4.79 Å². The van der Waals surface area contributed by atoms with Crippen molar-refractivity contribution in [2.24, 2.45) is 0 Å². The number of rotatable bonds is 4. The Kier molecular flexibility index (Phi) is 3.99. The lowest BCUT2D eigenvalue weighted by molar-refractivity contribution is -0.147. The second-order valence-electron chi connectivity index (χ2n) is 5.73. The van der Waals surface area contributed by atoms with Gasteiger partial charge in [-0.2, -0.15) is 11.8 Å². The van der Waals surface area contributed by atoms with Crippen LogP contribution in [0, 0.1) is 0 Å². The first-order chi connectivity index (χ1) is 8.93. The molecule has 1 aliphatic heterocycles. The largest absolute Gasteiger partial charge is 0.480 e. The van der Waals surface area contributed by atoms with Crippen molar-refractivity contribution in [3.05, 3.63) is 0 Å². The van der Waals surface area contributed by atoms with Gasteiger partial charge in [-0.15, -0.1) is 0 Å². The van der Waals surface area contributed by atoms with Crippen LogP contribution < -0.4 is 5.32 Å². The molecule has 108 valence electrons. The second-order valence-corrected chi connectivity index (χ2v) is 7.01. The molecule has 2 aliphatic rings. The predicted molar refractivity (Wildman–Crippen MR) is 75.5 cm³/mol. The van der Waals surface area contributed by atoms with Crippen LogP contribution in [0.4, 0.5) is 4.79 Å². The first-order valence-corrected chi connectivity index (χ1v) is 8.00. The van der Waals surface area contributed by atoms with Gasteiger partial charge in [0.15, 0.2) is 0 Å². The molecule has 2 fully saturated rings. The Balaban J connectivity index is 1.94. The van der Waals surface area contributed by atoms with Crippen molar-refractivity contribution < 1.29 is 14.7 Å². The molecule has 0 aromatic heterocycles. The minimum atomic E-state index is -1.05. The van der Waals surface area contributed by atoms with E-state index in [1.54, 1.807) is 18.7 Å². The highest BCUT2D eigenvalue weighted by atomic mass is 32.2. The van der Waals surface area contributed by atoms with Crippen LogP contribution in [0.15, 0.2) is 0 Å². The lowest BCUT2D eigenvalue weighted by atomic mass is 9.84. The van der Waals surface area contributed by atoms with Crippen molar-refractivity contribution in [3.8, 4) is 0 Å². The van der Waals surface area contributed by atoms with Gasteiger partial charge in [0.1, 0.15) is 5.54 Å². The number of amides is 2. The lowest BCUT2D eigenvalue weighted by Gasteiger charge is -2.41. The summed E-state index contributed by atoms with van der Waals surface area (Å²) in [4.78, 5) is 25.0. The molecule has 2 N–H and O–H groups in total. The highest BCUT2D eigenvalue weighted by molar-refractivity contribution is 8.00. The third-order valence-corrected chi connectivity index (χ3v) is 6.03. The number of hydrogen-bond donors (Lipinski definition) is 2. The molecular formula is C13H22N2O3S. The third kappa shape index (κ3) is 2.55. The molecule has 6 heteroatoms. The predicted octanol–water partition coefficient (Wildman–Crippen LogP) is 1.92. The van der Waals surface area contributed by atoms with Gasteiger partial charge in [0.2, 0.25) is 0 Å². The fourth-order valence-electron chi connectivity index (χ4n) is 2.87. The molecule has 0 spiro atoms. The average molecular weight is 286 g/mol. The van der Waals surface area contributed by atoms with E-state index in [1.165, 1.54) is 11.3 Å². The number of carboxylic acids is 1. The molecule has 1 heterocycles. The Hall–Kier alpha value is -0.910. The molecule has 1 aliphatic carbocycles. The number of urea groups is 1. The van der Waals surface area contributed by atoms with Gasteiger partial charge < -0.3 is 15.3 Å². The van der Waals surface area contributed by atoms with E-state index >= 15 is 0 Å². The van der Waals surface area contributed by atoms with Gasteiger partial charge in [-0.3, -0.25) is 0 Å². The van der Waals surface area contributed by atoms with Gasteiger partial charge in [0, 0.05) is 17.8 Å². The number of likely N-dealkylation sites (tertiary alicyclic amines) is 1. The summed E-state index contributed by atoms with van der Waals surface area (Å²) in [6, 6.07) is -0.234. The van der Waals surface area contributed by atoms with Crippen LogP contribution in [0.25, 0.3) is 0 Å². The third-order valence-electron chi connectivity index (χ3n) is 4.61. The Morgan fingerprint density at radius 2 is 2.00 bits per heavy atom. The minimum absolute atomic E-state index is 0.176. The molecule has 2 amide bonds. The highest BCUT2D eigenvalue weighted by Crippen LogP contribution is 2.42. The van der Waals surface area contributed by atoms with Crippen LogP contribution in [0.2, 0.25) is 0 Å². The molecule has 0 aromatic carbocycles. The maximum atomic E-state index is 12.2. The summed E-state index contributed by atoms with van der Waals surface area (Å²) in [5.41, 5.74) is -1.05. The van der Waals surface area contributed by atoms with Gasteiger partial charge >= 0.3 is 12.0 Å². The summed E-state index contributed by atoms with van der Waals surface area (Å²) in [7, 11) is 0. The first kappa shape index (κ1) is 14.5. The maximum Gasteiger partial charge on any atom is 0.329 e. The molecule has 1 unspecified atom stereocenters. The minimum Gasteiger partial charge on any atom is -0.480 e. The van der Waals surface area contributed by atoms with E-state index in [0.29, 0.717) is 19.5 Å². The normalized spacial score (nSPS) is 28.8. The number of carboxylic acid groups (broad SMARTS) is 1. The fourth-order valence-corrected chi connectivity index (χ4v) is 3.78. The number of thioether (sulfide) groups is 1. The van der Waals surface area contributed by atoms with Crippen LogP contribution >= 0.6 is 11.8 Å². The zero-order chi connectivity index (χ0) is 14.1. The summed E-state index contributed by atoms with van der Waals surface area (Å²) in [6.45, 7) is 2.80. The van der Waals surface area contributed by atoms with E-state index in [2.05, 4.69) is 11.6 Å². The van der Waals surface area contributed by atoms with Crippen molar-refractivity contribution in [1.82, 2.24) is 10.2 Å². The van der Waals surface area contributed by atoms with E-state index in [-0.39, 0.29) is 10.8 Å². The number of hydrogen-bond acceptors (Lipinski definition) is 3. The summed E-state index contributed by atoms with van der Waals surface area (Å²) in [5.74, 6) is -0.914. The van der Waals surface area contributed by atoms with Crippen molar-refractivity contribution in [2.75, 3.05) is 19.3 Å². The Morgan fingerprint density at radius 3 is 2.47 bits per heavy atom. The number of carbonyl (C=O) groups is 2. The van der Waals surface area contributed by atoms with Crippen LogP contribution in [0.1, 0.15) is 39.0 Å². The molecular weight excluding hydrogens is 264 g/mol. The number of nitrogens with zero attached hydrogens (tertiary/aromatic N) is 1. The molecule has 1 saturated carbocycles. The van der Waals surface area contributed by atoms with Crippen LogP contribution in [-0.4, -0.2) is 51.6 Å². The van der Waals surface area contributed by atoms with E-state index in [4.69, 9.17) is 0 Å². The second kappa shape index (κ2) is 5.23. The van der Waals surface area contributed by atoms with Crippen LogP contribution in [0.3, 0.4) is 0 Å². The Labute approximate surface area is 118 Å². The number of nitrogens with one attached hydrogen (secondary N) is 1. The Bertz CT molecular complexity index is 379. The standard InChI is InChI=1S/C13H22N2O3S/c1-12(10(16)17)5-4-8-15(12)11(18)14-9-13(19-2)6-3-7-13/h3-9H2,1-2H3,(H,14,18)(H,16,17). The van der Waals surface area contributed by atoms with Crippen molar-refractivity contribution in [1.29, 1.82) is 0 Å². The van der Waals surface area contributed by atoms with Crippen molar-refractivity contribution >= 4 is 23.8 Å². The summed E-state index contributed by atoms with van der Waals surface area (Å²) in [5, 5.41) is 12.2. The van der Waals surface area contributed by atoms with E-state index < -0.39 is 11.5 Å². The fraction of sp³-hybridized carbons (Fsp3) is 0.846. The van der Waals surface area contributed by atoms with Gasteiger partial charge in [-0.1, -0.05) is 6.42 Å². The van der Waals surface area contributed by atoms with Gasteiger partial charge in [-0.05, 0) is 38.9 Å². The monoisotopic (exact) mass is 286 g/mol. The van der Waals surface area contributed by atoms with E-state index in [1.807, 2.05) is 0 Å². The molecule has 1 saturated heterocycles.